The van der Waals surface area contributed by atoms with Gasteiger partial charge in [0.15, 0.2) is 11.5 Å². The van der Waals surface area contributed by atoms with Crippen LogP contribution in [0, 0.1) is 0 Å². The number of carbonyl (C=O) groups excluding carboxylic acids is 2. The molecule has 0 saturated carbocycles. The Bertz CT molecular complexity index is 1080. The van der Waals surface area contributed by atoms with Gasteiger partial charge in [-0.25, -0.2) is 4.98 Å². The zero-order valence-corrected chi connectivity index (χ0v) is 17.8. The molecule has 1 heterocycles. The fraction of sp³-hybridized carbons (Fsp3) is 0.190. The van der Waals surface area contributed by atoms with E-state index in [0.29, 0.717) is 33.6 Å². The number of hydrogen-bond acceptors (Lipinski definition) is 7. The summed E-state index contributed by atoms with van der Waals surface area (Å²) in [6.45, 7) is 1.41. The molecule has 2 amide bonds. The van der Waals surface area contributed by atoms with Crippen molar-refractivity contribution in [1.82, 2.24) is 4.98 Å². The van der Waals surface area contributed by atoms with Crippen molar-refractivity contribution in [1.29, 1.82) is 0 Å². The molecule has 2 aromatic carbocycles. The molecule has 3 rings (SSSR count). The van der Waals surface area contributed by atoms with Crippen LogP contribution in [0.25, 0.3) is 10.6 Å². The van der Waals surface area contributed by atoms with Gasteiger partial charge in [0.2, 0.25) is 5.91 Å². The fourth-order valence-corrected chi connectivity index (χ4v) is 3.55. The maximum absolute atomic E-state index is 12.7. The van der Waals surface area contributed by atoms with Gasteiger partial charge in [0, 0.05) is 23.6 Å². The van der Waals surface area contributed by atoms with Crippen LogP contribution in [0.1, 0.15) is 17.4 Å². The lowest BCUT2D eigenvalue weighted by molar-refractivity contribution is -0.114. The molecule has 8 nitrogen and oxygen atoms in total. The van der Waals surface area contributed by atoms with Crippen LogP contribution in [-0.4, -0.2) is 38.1 Å². The van der Waals surface area contributed by atoms with E-state index in [1.54, 1.807) is 49.9 Å². The minimum absolute atomic E-state index is 0.212. The van der Waals surface area contributed by atoms with E-state index >= 15 is 0 Å². The normalized spacial score (nSPS) is 10.3. The molecule has 30 heavy (non-hydrogen) atoms. The number of benzene rings is 2. The molecule has 0 aliphatic rings. The summed E-state index contributed by atoms with van der Waals surface area (Å²) in [4.78, 5) is 28.5. The van der Waals surface area contributed by atoms with Crippen LogP contribution >= 0.6 is 11.3 Å². The molecule has 0 fully saturated rings. The number of nitrogens with one attached hydrogen (secondary N) is 2. The maximum atomic E-state index is 12.7. The molecule has 0 saturated heterocycles. The van der Waals surface area contributed by atoms with Crippen LogP contribution in [0.5, 0.6) is 17.2 Å². The molecule has 9 heteroatoms. The molecule has 0 radical (unpaired) electrons. The molecule has 3 aromatic rings. The first kappa shape index (κ1) is 21.1. The van der Waals surface area contributed by atoms with E-state index in [9.17, 15) is 9.59 Å². The molecule has 0 atom stereocenters. The molecule has 156 valence electrons. The first-order valence-corrected chi connectivity index (χ1v) is 9.78. The Kier molecular flexibility index (Phi) is 6.53. The minimum Gasteiger partial charge on any atom is -0.495 e. The smallest absolute Gasteiger partial charge is 0.275 e. The fourth-order valence-electron chi connectivity index (χ4n) is 2.75. The van der Waals surface area contributed by atoms with Crippen LogP contribution < -0.4 is 24.8 Å². The van der Waals surface area contributed by atoms with E-state index in [1.807, 2.05) is 6.07 Å². The van der Waals surface area contributed by atoms with Gasteiger partial charge in [-0.15, -0.1) is 11.3 Å². The van der Waals surface area contributed by atoms with Crippen molar-refractivity contribution in [2.45, 2.75) is 6.92 Å². The van der Waals surface area contributed by atoms with Crippen molar-refractivity contribution in [3.05, 3.63) is 47.5 Å². The van der Waals surface area contributed by atoms with Gasteiger partial charge in [-0.2, -0.15) is 0 Å². The van der Waals surface area contributed by atoms with Crippen molar-refractivity contribution in [2.75, 3.05) is 32.0 Å². The van der Waals surface area contributed by atoms with Crippen LogP contribution in [0.15, 0.2) is 41.8 Å². The maximum Gasteiger partial charge on any atom is 0.275 e. The number of nitrogens with zero attached hydrogens (tertiary/aromatic N) is 1. The summed E-state index contributed by atoms with van der Waals surface area (Å²) in [5, 5.41) is 7.79. The Morgan fingerprint density at radius 1 is 0.900 bits per heavy atom. The molecule has 0 bridgehead atoms. The lowest BCUT2D eigenvalue weighted by Crippen LogP contribution is -2.14. The number of ether oxygens (including phenoxy) is 3. The molecule has 0 aliphatic carbocycles. The van der Waals surface area contributed by atoms with Gasteiger partial charge >= 0.3 is 0 Å². The summed E-state index contributed by atoms with van der Waals surface area (Å²) >= 11 is 1.34. The Morgan fingerprint density at radius 3 is 2.27 bits per heavy atom. The zero-order valence-electron chi connectivity index (χ0n) is 16.9. The monoisotopic (exact) mass is 427 g/mol. The molecule has 0 unspecified atom stereocenters. The number of carbonyl (C=O) groups is 2. The van der Waals surface area contributed by atoms with E-state index in [4.69, 9.17) is 14.2 Å². The lowest BCUT2D eigenvalue weighted by atomic mass is 10.2. The third kappa shape index (κ3) is 4.69. The number of anilines is 2. The Labute approximate surface area is 177 Å². The predicted octanol–water partition coefficient (Wildman–Crippen LogP) is 4.05. The summed E-state index contributed by atoms with van der Waals surface area (Å²) in [7, 11) is 4.63. The van der Waals surface area contributed by atoms with E-state index in [1.165, 1.54) is 25.4 Å². The minimum atomic E-state index is -0.392. The predicted molar refractivity (Wildman–Crippen MR) is 116 cm³/mol. The van der Waals surface area contributed by atoms with E-state index in [-0.39, 0.29) is 11.6 Å². The van der Waals surface area contributed by atoms with Crippen molar-refractivity contribution in [2.24, 2.45) is 0 Å². The lowest BCUT2D eigenvalue weighted by Gasteiger charge is -2.11. The first-order valence-electron chi connectivity index (χ1n) is 8.90. The largest absolute Gasteiger partial charge is 0.495 e. The quantitative estimate of drug-likeness (QED) is 0.590. The topological polar surface area (TPSA) is 98.8 Å². The second-order valence-electron chi connectivity index (χ2n) is 6.16. The van der Waals surface area contributed by atoms with Crippen LogP contribution in [0.4, 0.5) is 11.4 Å². The number of aromatic nitrogens is 1. The number of methoxy groups -OCH3 is 3. The van der Waals surface area contributed by atoms with Crippen LogP contribution in [0.2, 0.25) is 0 Å². The average Bonchev–Trinajstić information content (AvgIpc) is 3.23. The summed E-state index contributed by atoms with van der Waals surface area (Å²) in [6, 6.07) is 10.4. The average molecular weight is 427 g/mol. The molecule has 0 aliphatic heterocycles. The second-order valence-corrected chi connectivity index (χ2v) is 7.02. The zero-order chi connectivity index (χ0) is 21.7. The van der Waals surface area contributed by atoms with Gasteiger partial charge < -0.3 is 24.8 Å². The van der Waals surface area contributed by atoms with Crippen molar-refractivity contribution < 1.29 is 23.8 Å². The third-order valence-electron chi connectivity index (χ3n) is 4.14. The Morgan fingerprint density at radius 2 is 1.60 bits per heavy atom. The highest BCUT2D eigenvalue weighted by Gasteiger charge is 2.16. The highest BCUT2D eigenvalue weighted by Crippen LogP contribution is 2.34. The summed E-state index contributed by atoms with van der Waals surface area (Å²) in [5.74, 6) is 1.05. The second kappa shape index (κ2) is 9.27. The van der Waals surface area contributed by atoms with Gasteiger partial charge in [-0.05, 0) is 36.4 Å². The van der Waals surface area contributed by atoms with Gasteiger partial charge in [0.25, 0.3) is 5.91 Å². The molecule has 2 N–H and O–H groups in total. The Hall–Kier alpha value is -3.59. The van der Waals surface area contributed by atoms with E-state index in [2.05, 4.69) is 15.6 Å². The van der Waals surface area contributed by atoms with Crippen molar-refractivity contribution in [3.8, 4) is 27.8 Å². The number of hydrogen-bond donors (Lipinski definition) is 2. The first-order chi connectivity index (χ1) is 14.4. The van der Waals surface area contributed by atoms with Gasteiger partial charge in [-0.3, -0.25) is 9.59 Å². The highest BCUT2D eigenvalue weighted by molar-refractivity contribution is 7.13. The molecular weight excluding hydrogens is 406 g/mol. The SMILES string of the molecule is COc1ccc(NC(C)=O)cc1NC(=O)c1csc(-c2ccc(OC)c(OC)c2)n1. The van der Waals surface area contributed by atoms with E-state index < -0.39 is 5.91 Å². The molecule has 0 spiro atoms. The summed E-state index contributed by atoms with van der Waals surface area (Å²) in [5.41, 5.74) is 2.04. The number of amides is 2. The summed E-state index contributed by atoms with van der Waals surface area (Å²) in [6.07, 6.45) is 0. The van der Waals surface area contributed by atoms with Crippen molar-refractivity contribution in [3.63, 3.8) is 0 Å². The van der Waals surface area contributed by atoms with Gasteiger partial charge in [0.1, 0.15) is 16.5 Å². The van der Waals surface area contributed by atoms with Crippen molar-refractivity contribution >= 4 is 34.5 Å². The standard InChI is InChI=1S/C21H21N3O5S/c1-12(25)22-14-6-8-17(27-2)15(10-14)23-20(26)16-11-30-21(24-16)13-5-7-18(28-3)19(9-13)29-4/h5-11H,1-4H3,(H,22,25)(H,23,26). The number of rotatable bonds is 7. The van der Waals surface area contributed by atoms with Crippen LogP contribution in [-0.2, 0) is 4.79 Å². The van der Waals surface area contributed by atoms with Gasteiger partial charge in [-0.1, -0.05) is 0 Å². The number of thiazole rings is 1. The third-order valence-corrected chi connectivity index (χ3v) is 5.03. The highest BCUT2D eigenvalue weighted by atomic mass is 32.1. The molecule has 1 aromatic heterocycles. The van der Waals surface area contributed by atoms with Crippen LogP contribution in [0.3, 0.4) is 0 Å². The van der Waals surface area contributed by atoms with E-state index in [0.717, 1.165) is 5.56 Å². The summed E-state index contributed by atoms with van der Waals surface area (Å²) < 4.78 is 15.9. The molecular formula is C21H21N3O5S. The Balaban J connectivity index is 1.83. The van der Waals surface area contributed by atoms with Gasteiger partial charge in [0.05, 0.1) is 27.0 Å².